The zero-order chi connectivity index (χ0) is 26.3. The number of phenols is 1. The number of methoxy groups -OCH3 is 1. The second-order valence-electron chi connectivity index (χ2n) is 9.69. The van der Waals surface area contributed by atoms with Gasteiger partial charge in [-0.15, -0.1) is 0 Å². The summed E-state index contributed by atoms with van der Waals surface area (Å²) in [6.07, 6.45) is 1.98. The Balaban J connectivity index is 1.13. The Morgan fingerprint density at radius 2 is 1.61 bits per heavy atom. The molecule has 0 atom stereocenters. The molecule has 1 fully saturated rings. The minimum atomic E-state index is -0.279. The van der Waals surface area contributed by atoms with Gasteiger partial charge in [0.25, 0.3) is 5.91 Å². The number of aromatic hydroxyl groups is 1. The molecule has 6 heteroatoms. The van der Waals surface area contributed by atoms with Crippen molar-refractivity contribution in [1.29, 1.82) is 0 Å². The number of piperidine rings is 1. The average molecular weight is 511 g/mol. The second kappa shape index (κ2) is 12.1. The lowest BCUT2D eigenvalue weighted by Gasteiger charge is -2.34. The maximum absolute atomic E-state index is 12.8. The summed E-state index contributed by atoms with van der Waals surface area (Å²) in [4.78, 5) is 15.2. The van der Waals surface area contributed by atoms with Gasteiger partial charge in [-0.25, -0.2) is 0 Å². The first-order valence-electron chi connectivity index (χ1n) is 13.2. The third-order valence-corrected chi connectivity index (χ3v) is 7.20. The number of carbonyl (C=O) groups is 1. The third-order valence-electron chi connectivity index (χ3n) is 7.20. The zero-order valence-corrected chi connectivity index (χ0v) is 21.7. The van der Waals surface area contributed by atoms with Crippen molar-refractivity contribution in [3.05, 3.63) is 108 Å². The molecule has 0 radical (unpaired) electrons. The number of fused-ring (bicyclic) bond motifs is 1. The van der Waals surface area contributed by atoms with Gasteiger partial charge in [0.15, 0.2) is 0 Å². The molecule has 2 N–H and O–H groups in total. The first-order chi connectivity index (χ1) is 18.6. The van der Waals surface area contributed by atoms with Crippen molar-refractivity contribution in [3.63, 3.8) is 0 Å². The van der Waals surface area contributed by atoms with E-state index < -0.39 is 0 Å². The van der Waals surface area contributed by atoms with Gasteiger partial charge in [-0.2, -0.15) is 0 Å². The Labute approximate surface area is 223 Å². The van der Waals surface area contributed by atoms with E-state index in [-0.39, 0.29) is 29.4 Å². The molecule has 1 aliphatic rings. The Hall–Kier alpha value is -3.87. The van der Waals surface area contributed by atoms with Gasteiger partial charge >= 0.3 is 0 Å². The van der Waals surface area contributed by atoms with Gasteiger partial charge in [0.1, 0.15) is 17.6 Å². The zero-order valence-electron chi connectivity index (χ0n) is 21.7. The van der Waals surface area contributed by atoms with E-state index in [4.69, 9.17) is 9.47 Å². The summed E-state index contributed by atoms with van der Waals surface area (Å²) < 4.78 is 12.0. The van der Waals surface area contributed by atoms with Crippen LogP contribution in [0.2, 0.25) is 0 Å². The van der Waals surface area contributed by atoms with E-state index in [2.05, 4.69) is 58.7 Å². The Morgan fingerprint density at radius 3 is 2.24 bits per heavy atom. The molecule has 0 aromatic heterocycles. The highest BCUT2D eigenvalue weighted by molar-refractivity contribution is 6.02. The molecule has 196 valence electrons. The molecule has 4 aromatic rings. The number of rotatable bonds is 9. The summed E-state index contributed by atoms with van der Waals surface area (Å²) in [6.45, 7) is 3.09. The second-order valence-corrected chi connectivity index (χ2v) is 9.69. The van der Waals surface area contributed by atoms with E-state index in [1.807, 2.05) is 30.3 Å². The highest BCUT2D eigenvalue weighted by atomic mass is 16.5. The Kier molecular flexibility index (Phi) is 8.22. The van der Waals surface area contributed by atoms with Crippen molar-refractivity contribution >= 4 is 16.7 Å². The van der Waals surface area contributed by atoms with Crippen LogP contribution in [0.5, 0.6) is 11.5 Å². The molecular weight excluding hydrogens is 476 g/mol. The van der Waals surface area contributed by atoms with Gasteiger partial charge in [0, 0.05) is 31.6 Å². The van der Waals surface area contributed by atoms with Crippen LogP contribution in [0.4, 0.5) is 0 Å². The minimum absolute atomic E-state index is 0.0520. The van der Waals surface area contributed by atoms with Gasteiger partial charge in [-0.05, 0) is 47.6 Å². The van der Waals surface area contributed by atoms with E-state index >= 15 is 0 Å². The molecule has 1 saturated heterocycles. The summed E-state index contributed by atoms with van der Waals surface area (Å²) in [7, 11) is 1.59. The summed E-state index contributed by atoms with van der Waals surface area (Å²) in [5.41, 5.74) is 2.60. The molecule has 5 rings (SSSR count). The molecule has 1 aliphatic heterocycles. The predicted molar refractivity (Wildman–Crippen MR) is 150 cm³/mol. The van der Waals surface area contributed by atoms with Crippen molar-refractivity contribution in [2.45, 2.75) is 25.0 Å². The molecule has 1 heterocycles. The van der Waals surface area contributed by atoms with Gasteiger partial charge < -0.3 is 24.8 Å². The van der Waals surface area contributed by atoms with Gasteiger partial charge in [-0.1, -0.05) is 72.8 Å². The molecule has 0 saturated carbocycles. The monoisotopic (exact) mass is 510 g/mol. The van der Waals surface area contributed by atoms with E-state index in [0.29, 0.717) is 12.3 Å². The van der Waals surface area contributed by atoms with Crippen LogP contribution in [0.15, 0.2) is 91.0 Å². The van der Waals surface area contributed by atoms with Crippen molar-refractivity contribution in [3.8, 4) is 11.5 Å². The fraction of sp³-hybridized carbons (Fsp3) is 0.281. The molecule has 0 bridgehead atoms. The average Bonchev–Trinajstić information content (AvgIpc) is 2.97. The van der Waals surface area contributed by atoms with Crippen molar-refractivity contribution in [2.75, 3.05) is 33.3 Å². The SMILES string of the molecule is COc1cccc2cc(C(=O)NCCN3CCC(OC(c4ccccc4)c4ccccc4)CC3)c(O)cc12. The quantitative estimate of drug-likeness (QED) is 0.309. The Morgan fingerprint density at radius 1 is 0.947 bits per heavy atom. The predicted octanol–water partition coefficient (Wildman–Crippen LogP) is 5.55. The molecular formula is C32H34N2O4. The number of carbonyl (C=O) groups excluding carboxylic acids is 1. The summed E-state index contributed by atoms with van der Waals surface area (Å²) >= 11 is 0. The minimum Gasteiger partial charge on any atom is -0.507 e. The van der Waals surface area contributed by atoms with Crippen LogP contribution >= 0.6 is 0 Å². The first kappa shape index (κ1) is 25.8. The number of ether oxygens (including phenoxy) is 2. The Bertz CT molecular complexity index is 1310. The van der Waals surface area contributed by atoms with Crippen molar-refractivity contribution < 1.29 is 19.4 Å². The summed E-state index contributed by atoms with van der Waals surface area (Å²) in [6, 6.07) is 29.7. The van der Waals surface area contributed by atoms with Crippen LogP contribution in [0.1, 0.15) is 40.4 Å². The lowest BCUT2D eigenvalue weighted by atomic mass is 10.00. The molecule has 38 heavy (non-hydrogen) atoms. The van der Waals surface area contributed by atoms with Crippen LogP contribution in [0.3, 0.4) is 0 Å². The highest BCUT2D eigenvalue weighted by Gasteiger charge is 2.25. The van der Waals surface area contributed by atoms with E-state index in [1.165, 1.54) is 11.1 Å². The van der Waals surface area contributed by atoms with Crippen LogP contribution in [-0.2, 0) is 4.74 Å². The largest absolute Gasteiger partial charge is 0.507 e. The molecule has 6 nitrogen and oxygen atoms in total. The van der Waals surface area contributed by atoms with Gasteiger partial charge in [0.05, 0.1) is 18.8 Å². The van der Waals surface area contributed by atoms with E-state index in [0.717, 1.165) is 43.2 Å². The standard InChI is InChI=1S/C32H34N2O4/c1-37-30-14-8-13-25-21-28(29(35)22-27(25)30)32(36)33-17-20-34-18-15-26(16-19-34)38-31(23-9-4-2-5-10-23)24-11-6-3-7-12-24/h2-14,21-22,26,31,35H,15-20H2,1H3,(H,33,36). The fourth-order valence-corrected chi connectivity index (χ4v) is 5.13. The summed E-state index contributed by atoms with van der Waals surface area (Å²) in [5, 5.41) is 15.1. The maximum atomic E-state index is 12.8. The highest BCUT2D eigenvalue weighted by Crippen LogP contribution is 2.32. The molecule has 0 unspecified atom stereocenters. The van der Waals surface area contributed by atoms with E-state index in [1.54, 1.807) is 19.2 Å². The van der Waals surface area contributed by atoms with Crippen molar-refractivity contribution in [2.24, 2.45) is 0 Å². The topological polar surface area (TPSA) is 71.0 Å². The molecule has 4 aromatic carbocycles. The van der Waals surface area contributed by atoms with Crippen LogP contribution in [0, 0.1) is 0 Å². The van der Waals surface area contributed by atoms with Gasteiger partial charge in [0.2, 0.25) is 0 Å². The smallest absolute Gasteiger partial charge is 0.255 e. The molecule has 1 amide bonds. The number of hydrogen-bond acceptors (Lipinski definition) is 5. The summed E-state index contributed by atoms with van der Waals surface area (Å²) in [5.74, 6) is 0.332. The maximum Gasteiger partial charge on any atom is 0.255 e. The number of benzene rings is 4. The van der Waals surface area contributed by atoms with Crippen LogP contribution in [0.25, 0.3) is 10.8 Å². The lowest BCUT2D eigenvalue weighted by Crippen LogP contribution is -2.41. The fourth-order valence-electron chi connectivity index (χ4n) is 5.13. The number of likely N-dealkylation sites (tertiary alicyclic amines) is 1. The van der Waals surface area contributed by atoms with Gasteiger partial charge in [-0.3, -0.25) is 4.79 Å². The van der Waals surface area contributed by atoms with E-state index in [9.17, 15) is 9.90 Å². The van der Waals surface area contributed by atoms with Crippen molar-refractivity contribution in [1.82, 2.24) is 10.2 Å². The molecule has 0 aliphatic carbocycles. The molecule has 0 spiro atoms. The lowest BCUT2D eigenvalue weighted by molar-refractivity contribution is -0.0267. The number of nitrogens with zero attached hydrogens (tertiary/aromatic N) is 1. The normalized spacial score (nSPS) is 14.6. The van der Waals surface area contributed by atoms with Crippen LogP contribution < -0.4 is 10.1 Å². The first-order valence-corrected chi connectivity index (χ1v) is 13.2. The third kappa shape index (κ3) is 5.98. The number of hydrogen-bond donors (Lipinski definition) is 2. The number of nitrogens with one attached hydrogen (secondary N) is 1. The number of amides is 1. The number of phenolic OH excluding ortho intramolecular Hbond substituents is 1. The van der Waals surface area contributed by atoms with Crippen LogP contribution in [-0.4, -0.2) is 55.3 Å².